The summed E-state index contributed by atoms with van der Waals surface area (Å²) in [7, 11) is 0. The van der Waals surface area contributed by atoms with Crippen molar-refractivity contribution in [1.29, 1.82) is 0 Å². The van der Waals surface area contributed by atoms with E-state index in [1.54, 1.807) is 0 Å². The molecule has 0 aliphatic rings. The highest BCUT2D eigenvalue weighted by atomic mass is 32.1. The third-order valence-corrected chi connectivity index (χ3v) is 2.63. The average Bonchev–Trinajstić information content (AvgIpc) is 2.87. The molecule has 1 unspecified atom stereocenters. The van der Waals surface area contributed by atoms with Crippen molar-refractivity contribution in [2.45, 2.75) is 13.0 Å². The second-order valence-electron chi connectivity index (χ2n) is 3.18. The van der Waals surface area contributed by atoms with Crippen LogP contribution in [0.2, 0.25) is 0 Å². The molecule has 2 aromatic heterocycles. The number of carbonyl (C=O) groups excluding carboxylic acids is 1. The van der Waals surface area contributed by atoms with Gasteiger partial charge in [0.05, 0.1) is 11.9 Å². The molecule has 7 nitrogen and oxygen atoms in total. The van der Waals surface area contributed by atoms with E-state index in [4.69, 9.17) is 5.73 Å². The second kappa shape index (κ2) is 4.37. The Bertz CT molecular complexity index is 476. The van der Waals surface area contributed by atoms with Crippen LogP contribution < -0.4 is 11.1 Å². The maximum absolute atomic E-state index is 11.6. The van der Waals surface area contributed by atoms with E-state index in [0.29, 0.717) is 5.13 Å². The highest BCUT2D eigenvalue weighted by Gasteiger charge is 2.12. The summed E-state index contributed by atoms with van der Waals surface area (Å²) in [6.07, 6.45) is 1.34. The average molecular weight is 238 g/mol. The molecule has 4 N–H and O–H groups in total. The van der Waals surface area contributed by atoms with Crippen molar-refractivity contribution in [2.24, 2.45) is 5.73 Å². The van der Waals surface area contributed by atoms with Gasteiger partial charge in [0, 0.05) is 11.4 Å². The predicted octanol–water partition coefficient (Wildman–Crippen LogP) is 0.533. The lowest BCUT2D eigenvalue weighted by Gasteiger charge is -1.98. The van der Waals surface area contributed by atoms with Gasteiger partial charge in [-0.25, -0.2) is 4.98 Å². The summed E-state index contributed by atoms with van der Waals surface area (Å²) in [6.45, 7) is 1.83. The van der Waals surface area contributed by atoms with Gasteiger partial charge in [0.25, 0.3) is 5.91 Å². The Labute approximate surface area is 95.1 Å². The van der Waals surface area contributed by atoms with Crippen LogP contribution in [0.1, 0.15) is 29.1 Å². The Morgan fingerprint density at radius 1 is 1.69 bits per heavy atom. The quantitative estimate of drug-likeness (QED) is 0.722. The third-order valence-electron chi connectivity index (χ3n) is 1.86. The molecule has 1 atom stereocenters. The van der Waals surface area contributed by atoms with Crippen molar-refractivity contribution in [1.82, 2.24) is 20.4 Å². The number of thiazole rings is 1. The van der Waals surface area contributed by atoms with Gasteiger partial charge in [0.2, 0.25) is 0 Å². The maximum Gasteiger partial charge on any atom is 0.279 e. The van der Waals surface area contributed by atoms with Crippen molar-refractivity contribution in [3.63, 3.8) is 0 Å². The van der Waals surface area contributed by atoms with E-state index >= 15 is 0 Å². The molecule has 16 heavy (non-hydrogen) atoms. The van der Waals surface area contributed by atoms with Crippen LogP contribution in [-0.2, 0) is 0 Å². The van der Waals surface area contributed by atoms with Crippen LogP contribution in [0.4, 0.5) is 5.13 Å². The number of nitrogens with two attached hydrogens (primary N) is 1. The highest BCUT2D eigenvalue weighted by molar-refractivity contribution is 7.14. The van der Waals surface area contributed by atoms with Gasteiger partial charge in [0.1, 0.15) is 0 Å². The van der Waals surface area contributed by atoms with Crippen molar-refractivity contribution < 1.29 is 4.79 Å². The number of carbonyl (C=O) groups is 1. The minimum Gasteiger partial charge on any atom is -0.323 e. The van der Waals surface area contributed by atoms with Crippen LogP contribution in [0.15, 0.2) is 11.6 Å². The lowest BCUT2D eigenvalue weighted by molar-refractivity contribution is 0.102. The molecule has 0 fully saturated rings. The molecule has 0 aromatic carbocycles. The van der Waals surface area contributed by atoms with Gasteiger partial charge in [-0.3, -0.25) is 10.1 Å². The van der Waals surface area contributed by atoms with E-state index in [0.717, 1.165) is 5.69 Å². The SMILES string of the molecule is CC(N)c1csc(NC(=O)c2cn[nH]n2)n1. The first-order chi connectivity index (χ1) is 7.66. The van der Waals surface area contributed by atoms with Crippen LogP contribution >= 0.6 is 11.3 Å². The van der Waals surface area contributed by atoms with Crippen LogP contribution in [-0.4, -0.2) is 26.3 Å². The number of nitrogens with one attached hydrogen (secondary N) is 2. The van der Waals surface area contributed by atoms with Gasteiger partial charge >= 0.3 is 0 Å². The zero-order chi connectivity index (χ0) is 11.5. The standard InChI is InChI=1S/C8H10N6OS/c1-4(9)6-3-16-8(11-6)12-7(15)5-2-10-14-13-5/h2-4H,9H2,1H3,(H,10,13,14)(H,11,12,15). The van der Waals surface area contributed by atoms with Crippen molar-refractivity contribution in [3.8, 4) is 0 Å². The number of hydrogen-bond donors (Lipinski definition) is 3. The molecule has 2 rings (SSSR count). The van der Waals surface area contributed by atoms with Gasteiger partial charge in [-0.05, 0) is 6.92 Å². The Balaban J connectivity index is 2.07. The number of hydrogen-bond acceptors (Lipinski definition) is 6. The molecule has 0 saturated carbocycles. The van der Waals surface area contributed by atoms with Gasteiger partial charge in [-0.1, -0.05) is 0 Å². The number of aromatic amines is 1. The summed E-state index contributed by atoms with van der Waals surface area (Å²) in [5.74, 6) is -0.348. The molecule has 0 saturated heterocycles. The zero-order valence-electron chi connectivity index (χ0n) is 8.47. The van der Waals surface area contributed by atoms with Gasteiger partial charge in [-0.2, -0.15) is 15.4 Å². The largest absolute Gasteiger partial charge is 0.323 e. The number of aromatic nitrogens is 4. The first-order valence-corrected chi connectivity index (χ1v) is 5.43. The lowest BCUT2D eigenvalue weighted by Crippen LogP contribution is -2.12. The molecule has 0 aliphatic heterocycles. The fraction of sp³-hybridized carbons (Fsp3) is 0.250. The smallest absolute Gasteiger partial charge is 0.279 e. The predicted molar refractivity (Wildman–Crippen MR) is 59.1 cm³/mol. The summed E-state index contributed by atoms with van der Waals surface area (Å²) >= 11 is 1.32. The lowest BCUT2D eigenvalue weighted by atomic mass is 10.3. The molecule has 1 amide bonds. The summed E-state index contributed by atoms with van der Waals surface area (Å²) in [6, 6.07) is -0.144. The van der Waals surface area contributed by atoms with Gasteiger partial charge in [0.15, 0.2) is 10.8 Å². The molecule has 2 aromatic rings. The van der Waals surface area contributed by atoms with Crippen molar-refractivity contribution in [2.75, 3.05) is 5.32 Å². The molecular weight excluding hydrogens is 228 g/mol. The number of amides is 1. The van der Waals surface area contributed by atoms with E-state index in [2.05, 4.69) is 25.7 Å². The summed E-state index contributed by atoms with van der Waals surface area (Å²) in [5.41, 5.74) is 6.63. The van der Waals surface area contributed by atoms with E-state index < -0.39 is 0 Å². The molecular formula is C8H10N6OS. The number of H-pyrrole nitrogens is 1. The molecule has 0 spiro atoms. The minimum atomic E-state index is -0.348. The third kappa shape index (κ3) is 2.23. The Hall–Kier alpha value is -1.80. The van der Waals surface area contributed by atoms with Crippen LogP contribution in [0.25, 0.3) is 0 Å². The summed E-state index contributed by atoms with van der Waals surface area (Å²) in [5, 5.41) is 14.5. The van der Waals surface area contributed by atoms with E-state index in [-0.39, 0.29) is 17.6 Å². The van der Waals surface area contributed by atoms with E-state index in [1.165, 1.54) is 17.5 Å². The number of nitrogens with zero attached hydrogens (tertiary/aromatic N) is 3. The highest BCUT2D eigenvalue weighted by Crippen LogP contribution is 2.19. The second-order valence-corrected chi connectivity index (χ2v) is 4.03. The first kappa shape index (κ1) is 10.7. The van der Waals surface area contributed by atoms with Crippen LogP contribution in [0, 0.1) is 0 Å². The molecule has 0 bridgehead atoms. The fourth-order valence-corrected chi connectivity index (χ4v) is 1.83. The summed E-state index contributed by atoms with van der Waals surface area (Å²) < 4.78 is 0. The topological polar surface area (TPSA) is 110 Å². The van der Waals surface area contributed by atoms with E-state index in [9.17, 15) is 4.79 Å². The van der Waals surface area contributed by atoms with Crippen LogP contribution in [0.5, 0.6) is 0 Å². The Morgan fingerprint density at radius 3 is 3.06 bits per heavy atom. The summed E-state index contributed by atoms with van der Waals surface area (Å²) in [4.78, 5) is 15.7. The monoisotopic (exact) mass is 238 g/mol. The first-order valence-electron chi connectivity index (χ1n) is 4.55. The van der Waals surface area contributed by atoms with Crippen molar-refractivity contribution in [3.05, 3.63) is 23.0 Å². The number of rotatable bonds is 3. The molecule has 8 heteroatoms. The zero-order valence-corrected chi connectivity index (χ0v) is 9.28. The fourth-order valence-electron chi connectivity index (χ4n) is 1.02. The van der Waals surface area contributed by atoms with Gasteiger partial charge < -0.3 is 5.73 Å². The Kier molecular flexibility index (Phi) is 2.93. The van der Waals surface area contributed by atoms with Gasteiger partial charge in [-0.15, -0.1) is 11.3 Å². The molecule has 2 heterocycles. The minimum absolute atomic E-state index is 0.144. The molecule has 84 valence electrons. The maximum atomic E-state index is 11.6. The molecule has 0 aliphatic carbocycles. The van der Waals surface area contributed by atoms with E-state index in [1.807, 2.05) is 12.3 Å². The number of anilines is 1. The van der Waals surface area contributed by atoms with Crippen LogP contribution in [0.3, 0.4) is 0 Å². The Morgan fingerprint density at radius 2 is 2.50 bits per heavy atom. The normalized spacial score (nSPS) is 12.4. The van der Waals surface area contributed by atoms with Crippen molar-refractivity contribution >= 4 is 22.4 Å². The molecule has 0 radical (unpaired) electrons.